The topological polar surface area (TPSA) is 51.2 Å². The third-order valence-corrected chi connectivity index (χ3v) is 8.12. The van der Waals surface area contributed by atoms with Crippen LogP contribution in [0.3, 0.4) is 0 Å². The number of sulfone groups is 1. The van der Waals surface area contributed by atoms with Gasteiger partial charge in [-0.3, -0.25) is 4.79 Å². The van der Waals surface area contributed by atoms with Gasteiger partial charge in [0, 0.05) is 6.42 Å². The van der Waals surface area contributed by atoms with Crippen molar-refractivity contribution < 1.29 is 13.2 Å². The van der Waals surface area contributed by atoms with Crippen LogP contribution in [0.1, 0.15) is 31.2 Å². The minimum absolute atomic E-state index is 0.146. The summed E-state index contributed by atoms with van der Waals surface area (Å²) in [5, 5.41) is 0. The molecule has 1 aromatic rings. The molecule has 0 heterocycles. The van der Waals surface area contributed by atoms with Crippen molar-refractivity contribution in [2.45, 2.75) is 41.6 Å². The van der Waals surface area contributed by atoms with Gasteiger partial charge in [0.2, 0.25) is 9.84 Å². The van der Waals surface area contributed by atoms with Crippen LogP contribution in [0, 0.1) is 6.92 Å². The number of hydrogen-bond donors (Lipinski definition) is 0. The molecule has 0 aromatic heterocycles. The molecule has 1 unspecified atom stereocenters. The fourth-order valence-corrected chi connectivity index (χ4v) is 6.03. The third-order valence-electron chi connectivity index (χ3n) is 3.68. The standard InChI is InChI=1S/C14H18O3S2/c1-11-6-8-12(9-7-11)19(16,17)14(18-2)10-4-3-5-13(14)15/h6-9H,3-5,10H2,1-2H3. The third kappa shape index (κ3) is 2.34. The van der Waals surface area contributed by atoms with Gasteiger partial charge in [-0.05, 0) is 38.2 Å². The maximum atomic E-state index is 12.8. The average molecular weight is 298 g/mol. The van der Waals surface area contributed by atoms with E-state index >= 15 is 0 Å². The van der Waals surface area contributed by atoms with Crippen molar-refractivity contribution >= 4 is 27.4 Å². The van der Waals surface area contributed by atoms with Crippen LogP contribution in [0.15, 0.2) is 29.2 Å². The highest BCUT2D eigenvalue weighted by Crippen LogP contribution is 2.43. The molecule has 0 spiro atoms. The molecule has 19 heavy (non-hydrogen) atoms. The SMILES string of the molecule is CSC1(S(=O)(=O)c2ccc(C)cc2)CCCCC1=O. The molecule has 0 bridgehead atoms. The number of aryl methyl sites for hydroxylation is 1. The van der Waals surface area contributed by atoms with Gasteiger partial charge in [-0.25, -0.2) is 8.42 Å². The maximum absolute atomic E-state index is 12.8. The first-order chi connectivity index (χ1) is 8.94. The Kier molecular flexibility index (Phi) is 4.06. The molecule has 1 aliphatic rings. The molecule has 0 saturated heterocycles. The van der Waals surface area contributed by atoms with Crippen LogP contribution in [0.5, 0.6) is 0 Å². The first-order valence-electron chi connectivity index (χ1n) is 6.34. The first kappa shape index (κ1) is 14.6. The summed E-state index contributed by atoms with van der Waals surface area (Å²) >= 11 is 1.17. The van der Waals surface area contributed by atoms with E-state index in [-0.39, 0.29) is 10.7 Å². The van der Waals surface area contributed by atoms with Gasteiger partial charge in [-0.15, -0.1) is 11.8 Å². The zero-order valence-electron chi connectivity index (χ0n) is 11.2. The van der Waals surface area contributed by atoms with E-state index in [4.69, 9.17) is 0 Å². The van der Waals surface area contributed by atoms with Crippen LogP contribution in [0.2, 0.25) is 0 Å². The minimum Gasteiger partial charge on any atom is -0.297 e. The Morgan fingerprint density at radius 3 is 2.32 bits per heavy atom. The lowest BCUT2D eigenvalue weighted by molar-refractivity contribution is -0.120. The fraction of sp³-hybridized carbons (Fsp3) is 0.500. The molecule has 2 rings (SSSR count). The zero-order chi connectivity index (χ0) is 14.1. The van der Waals surface area contributed by atoms with E-state index in [0.717, 1.165) is 18.4 Å². The summed E-state index contributed by atoms with van der Waals surface area (Å²) in [5.74, 6) is -0.146. The Bertz CT molecular complexity index is 575. The molecule has 1 saturated carbocycles. The lowest BCUT2D eigenvalue weighted by Crippen LogP contribution is -2.45. The van der Waals surface area contributed by atoms with Crippen LogP contribution in [-0.4, -0.2) is 24.5 Å². The highest BCUT2D eigenvalue weighted by Gasteiger charge is 2.51. The second-order valence-corrected chi connectivity index (χ2v) is 8.44. The molecule has 0 N–H and O–H groups in total. The fourth-order valence-electron chi connectivity index (χ4n) is 2.49. The smallest absolute Gasteiger partial charge is 0.200 e. The maximum Gasteiger partial charge on any atom is 0.200 e. The van der Waals surface area contributed by atoms with Gasteiger partial charge in [-0.1, -0.05) is 24.1 Å². The minimum atomic E-state index is -3.63. The number of ketones is 1. The van der Waals surface area contributed by atoms with Crippen molar-refractivity contribution in [3.8, 4) is 0 Å². The normalized spacial score (nSPS) is 24.4. The summed E-state index contributed by atoms with van der Waals surface area (Å²) in [5.41, 5.74) is 1.01. The number of thioether (sulfide) groups is 1. The van der Waals surface area contributed by atoms with E-state index in [1.54, 1.807) is 30.5 Å². The number of carbonyl (C=O) groups is 1. The molecular formula is C14H18O3S2. The van der Waals surface area contributed by atoms with Crippen LogP contribution in [0.25, 0.3) is 0 Å². The van der Waals surface area contributed by atoms with Gasteiger partial charge in [0.05, 0.1) is 4.90 Å². The van der Waals surface area contributed by atoms with Crippen molar-refractivity contribution in [2.75, 3.05) is 6.26 Å². The second-order valence-electron chi connectivity index (χ2n) is 4.90. The van der Waals surface area contributed by atoms with E-state index in [0.29, 0.717) is 12.8 Å². The Morgan fingerprint density at radius 1 is 1.16 bits per heavy atom. The largest absolute Gasteiger partial charge is 0.297 e. The number of rotatable bonds is 3. The predicted molar refractivity (Wildman–Crippen MR) is 78.1 cm³/mol. The Hall–Kier alpha value is -0.810. The molecule has 1 aliphatic carbocycles. The Balaban J connectivity index is 2.52. The van der Waals surface area contributed by atoms with Crippen molar-refractivity contribution in [3.05, 3.63) is 29.8 Å². The van der Waals surface area contributed by atoms with E-state index in [9.17, 15) is 13.2 Å². The molecule has 0 amide bonds. The molecule has 1 aromatic carbocycles. The van der Waals surface area contributed by atoms with Gasteiger partial charge < -0.3 is 0 Å². The lowest BCUT2D eigenvalue weighted by atomic mass is 9.98. The molecule has 3 nitrogen and oxygen atoms in total. The van der Waals surface area contributed by atoms with Crippen molar-refractivity contribution in [3.63, 3.8) is 0 Å². The zero-order valence-corrected chi connectivity index (χ0v) is 12.8. The van der Waals surface area contributed by atoms with Crippen LogP contribution < -0.4 is 0 Å². The van der Waals surface area contributed by atoms with Crippen molar-refractivity contribution in [1.82, 2.24) is 0 Å². The van der Waals surface area contributed by atoms with Crippen molar-refractivity contribution in [1.29, 1.82) is 0 Å². The molecule has 0 radical (unpaired) electrons. The second kappa shape index (κ2) is 5.29. The predicted octanol–water partition coefficient (Wildman–Crippen LogP) is 2.97. The quantitative estimate of drug-likeness (QED) is 0.861. The molecule has 104 valence electrons. The van der Waals surface area contributed by atoms with E-state index in [2.05, 4.69) is 0 Å². The summed E-state index contributed by atoms with van der Waals surface area (Å²) in [6.45, 7) is 1.91. The number of Topliss-reactive ketones (excluding diaryl/α,β-unsaturated/α-hetero) is 1. The van der Waals surface area contributed by atoms with Crippen LogP contribution in [-0.2, 0) is 14.6 Å². The summed E-state index contributed by atoms with van der Waals surface area (Å²) in [6.07, 6.45) is 4.09. The summed E-state index contributed by atoms with van der Waals surface area (Å²) in [6, 6.07) is 6.75. The monoisotopic (exact) mass is 298 g/mol. The Labute approximate surface area is 118 Å². The molecule has 0 aliphatic heterocycles. The molecule has 1 atom stereocenters. The number of carbonyl (C=O) groups excluding carboxylic acids is 1. The van der Waals surface area contributed by atoms with Gasteiger partial charge in [0.25, 0.3) is 0 Å². The van der Waals surface area contributed by atoms with Crippen molar-refractivity contribution in [2.24, 2.45) is 0 Å². The number of hydrogen-bond acceptors (Lipinski definition) is 4. The van der Waals surface area contributed by atoms with Gasteiger partial charge in [0.15, 0.2) is 9.86 Å². The molecular weight excluding hydrogens is 280 g/mol. The Morgan fingerprint density at radius 2 is 1.79 bits per heavy atom. The highest BCUT2D eigenvalue weighted by molar-refractivity contribution is 8.15. The van der Waals surface area contributed by atoms with Gasteiger partial charge >= 0.3 is 0 Å². The first-order valence-corrected chi connectivity index (χ1v) is 9.04. The van der Waals surface area contributed by atoms with Gasteiger partial charge in [-0.2, -0.15) is 0 Å². The average Bonchev–Trinajstić information content (AvgIpc) is 2.39. The van der Waals surface area contributed by atoms with Crippen LogP contribution in [0.4, 0.5) is 0 Å². The summed E-state index contributed by atoms with van der Waals surface area (Å²) in [7, 11) is -3.63. The number of benzene rings is 1. The van der Waals surface area contributed by atoms with Gasteiger partial charge in [0.1, 0.15) is 0 Å². The highest BCUT2D eigenvalue weighted by atomic mass is 32.3. The van der Waals surface area contributed by atoms with E-state index in [1.165, 1.54) is 11.8 Å². The van der Waals surface area contributed by atoms with E-state index in [1.807, 2.05) is 6.92 Å². The molecule has 5 heteroatoms. The van der Waals surface area contributed by atoms with Crippen LogP contribution >= 0.6 is 11.8 Å². The van der Waals surface area contributed by atoms with E-state index < -0.39 is 13.9 Å². The lowest BCUT2D eigenvalue weighted by Gasteiger charge is -2.33. The summed E-state index contributed by atoms with van der Waals surface area (Å²) in [4.78, 5) is 12.5. The summed E-state index contributed by atoms with van der Waals surface area (Å²) < 4.78 is 24.4. The molecule has 1 fully saturated rings.